The lowest BCUT2D eigenvalue weighted by atomic mass is 9.92. The fourth-order valence-corrected chi connectivity index (χ4v) is 2.30. The summed E-state index contributed by atoms with van der Waals surface area (Å²) in [6.07, 6.45) is 2.30. The van der Waals surface area contributed by atoms with Crippen LogP contribution in [0.4, 0.5) is 0 Å². The predicted molar refractivity (Wildman–Crippen MR) is 84.4 cm³/mol. The van der Waals surface area contributed by atoms with E-state index in [9.17, 15) is 4.79 Å². The second-order valence-electron chi connectivity index (χ2n) is 5.58. The molecule has 0 aromatic heterocycles. The average Bonchev–Trinajstić information content (AvgIpc) is 2.47. The van der Waals surface area contributed by atoms with E-state index in [1.54, 1.807) is 0 Å². The molecule has 0 fully saturated rings. The normalized spacial score (nSPS) is 11.4. The van der Waals surface area contributed by atoms with Crippen molar-refractivity contribution < 1.29 is 4.79 Å². The molecular weight excluding hydrogens is 248 g/mol. The van der Waals surface area contributed by atoms with Gasteiger partial charge in [0.15, 0.2) is 0 Å². The zero-order valence-electron chi connectivity index (χ0n) is 13.3. The third-order valence-electron chi connectivity index (χ3n) is 3.96. The van der Waals surface area contributed by atoms with Gasteiger partial charge >= 0.3 is 0 Å². The van der Waals surface area contributed by atoms with E-state index in [2.05, 4.69) is 38.1 Å². The molecule has 1 amide bonds. The Bertz CT molecular complexity index is 421. The zero-order valence-corrected chi connectivity index (χ0v) is 13.3. The Morgan fingerprint density at radius 3 is 2.15 bits per heavy atom. The molecule has 1 rings (SSSR count). The van der Waals surface area contributed by atoms with Crippen LogP contribution >= 0.6 is 0 Å². The summed E-state index contributed by atoms with van der Waals surface area (Å²) >= 11 is 0. The second-order valence-corrected chi connectivity index (χ2v) is 5.58. The van der Waals surface area contributed by atoms with Crippen molar-refractivity contribution in [2.75, 3.05) is 6.54 Å². The number of amides is 1. The maximum absolute atomic E-state index is 12.7. The monoisotopic (exact) mass is 276 g/mol. The summed E-state index contributed by atoms with van der Waals surface area (Å²) in [6.45, 7) is 9.52. The fourth-order valence-electron chi connectivity index (χ4n) is 2.30. The minimum absolute atomic E-state index is 0.0740. The minimum Gasteiger partial charge on any atom is -0.337 e. The Hall–Kier alpha value is -1.35. The Morgan fingerprint density at radius 2 is 1.70 bits per heavy atom. The van der Waals surface area contributed by atoms with Crippen molar-refractivity contribution in [3.05, 3.63) is 35.4 Å². The first-order chi connectivity index (χ1) is 9.46. The second kappa shape index (κ2) is 7.44. The highest BCUT2D eigenvalue weighted by molar-refractivity contribution is 5.86. The van der Waals surface area contributed by atoms with Crippen molar-refractivity contribution in [1.82, 2.24) is 4.90 Å². The highest BCUT2D eigenvalue weighted by Gasteiger charge is 2.33. The molecule has 112 valence electrons. The first-order valence-corrected chi connectivity index (χ1v) is 7.60. The predicted octanol–water partition coefficient (Wildman–Crippen LogP) is 3.25. The van der Waals surface area contributed by atoms with Gasteiger partial charge in [0.05, 0.1) is 5.54 Å². The molecule has 2 N–H and O–H groups in total. The van der Waals surface area contributed by atoms with Gasteiger partial charge < -0.3 is 10.6 Å². The average molecular weight is 276 g/mol. The van der Waals surface area contributed by atoms with E-state index >= 15 is 0 Å². The quantitative estimate of drug-likeness (QED) is 0.831. The zero-order chi connectivity index (χ0) is 15.2. The Kier molecular flexibility index (Phi) is 6.21. The molecule has 0 unspecified atom stereocenters. The highest BCUT2D eigenvalue weighted by atomic mass is 16.2. The third kappa shape index (κ3) is 4.07. The summed E-state index contributed by atoms with van der Waals surface area (Å²) in [5.74, 6) is 0.0740. The largest absolute Gasteiger partial charge is 0.337 e. The lowest BCUT2D eigenvalue weighted by Crippen LogP contribution is -2.54. The van der Waals surface area contributed by atoms with Gasteiger partial charge in [-0.2, -0.15) is 0 Å². The van der Waals surface area contributed by atoms with Gasteiger partial charge in [0.1, 0.15) is 0 Å². The Balaban J connectivity index is 2.88. The Labute approximate surface area is 123 Å². The number of nitrogens with two attached hydrogens (primary N) is 1. The van der Waals surface area contributed by atoms with E-state index in [-0.39, 0.29) is 5.91 Å². The number of hydrogen-bond donors (Lipinski definition) is 1. The maximum atomic E-state index is 12.7. The summed E-state index contributed by atoms with van der Waals surface area (Å²) in [6, 6.07) is 8.33. The molecule has 1 aromatic rings. The van der Waals surface area contributed by atoms with Crippen LogP contribution in [-0.2, 0) is 11.3 Å². The standard InChI is InChI=1S/C17H28N2O/c1-5-12-19(16(20)17(18,6-2)7-3)13-15-10-8-14(4)9-11-15/h8-11H,5-7,12-13,18H2,1-4H3. The van der Waals surface area contributed by atoms with Crippen molar-refractivity contribution in [2.24, 2.45) is 5.73 Å². The van der Waals surface area contributed by atoms with E-state index in [1.165, 1.54) is 5.56 Å². The van der Waals surface area contributed by atoms with Gasteiger partial charge in [0.25, 0.3) is 0 Å². The lowest BCUT2D eigenvalue weighted by Gasteiger charge is -2.33. The van der Waals surface area contributed by atoms with Crippen LogP contribution in [0, 0.1) is 6.92 Å². The number of aryl methyl sites for hydroxylation is 1. The van der Waals surface area contributed by atoms with Crippen LogP contribution < -0.4 is 5.73 Å². The van der Waals surface area contributed by atoms with E-state index in [1.807, 2.05) is 18.7 Å². The molecule has 0 saturated heterocycles. The summed E-state index contributed by atoms with van der Waals surface area (Å²) in [5, 5.41) is 0. The van der Waals surface area contributed by atoms with Gasteiger partial charge in [-0.3, -0.25) is 4.79 Å². The number of benzene rings is 1. The molecule has 20 heavy (non-hydrogen) atoms. The highest BCUT2D eigenvalue weighted by Crippen LogP contribution is 2.18. The first-order valence-electron chi connectivity index (χ1n) is 7.60. The van der Waals surface area contributed by atoms with Gasteiger partial charge in [-0.25, -0.2) is 0 Å². The summed E-state index contributed by atoms with van der Waals surface area (Å²) in [7, 11) is 0. The van der Waals surface area contributed by atoms with Crippen LogP contribution in [0.15, 0.2) is 24.3 Å². The van der Waals surface area contributed by atoms with Crippen molar-refractivity contribution in [3.63, 3.8) is 0 Å². The van der Waals surface area contributed by atoms with Crippen molar-refractivity contribution in [1.29, 1.82) is 0 Å². The SMILES string of the molecule is CCCN(Cc1ccc(C)cc1)C(=O)C(N)(CC)CC. The molecule has 0 atom stereocenters. The molecule has 0 aliphatic heterocycles. The molecule has 0 aliphatic rings. The summed E-state index contributed by atoms with van der Waals surface area (Å²) in [5.41, 5.74) is 7.93. The van der Waals surface area contributed by atoms with E-state index in [0.29, 0.717) is 19.4 Å². The van der Waals surface area contributed by atoms with Gasteiger partial charge in [-0.15, -0.1) is 0 Å². The number of carbonyl (C=O) groups excluding carboxylic acids is 1. The third-order valence-corrected chi connectivity index (χ3v) is 3.96. The van der Waals surface area contributed by atoms with Crippen molar-refractivity contribution >= 4 is 5.91 Å². The summed E-state index contributed by atoms with van der Waals surface area (Å²) < 4.78 is 0. The molecule has 3 nitrogen and oxygen atoms in total. The number of rotatable bonds is 7. The Morgan fingerprint density at radius 1 is 1.15 bits per heavy atom. The van der Waals surface area contributed by atoms with Crippen LogP contribution in [0.1, 0.15) is 51.2 Å². The molecule has 0 bridgehead atoms. The number of hydrogen-bond acceptors (Lipinski definition) is 2. The van der Waals surface area contributed by atoms with E-state index in [4.69, 9.17) is 5.73 Å². The van der Waals surface area contributed by atoms with Gasteiger partial charge in [0, 0.05) is 13.1 Å². The number of carbonyl (C=O) groups is 1. The van der Waals surface area contributed by atoms with Crippen LogP contribution in [0.5, 0.6) is 0 Å². The first kappa shape index (κ1) is 16.7. The lowest BCUT2D eigenvalue weighted by molar-refractivity contribution is -0.138. The van der Waals surface area contributed by atoms with Crippen molar-refractivity contribution in [3.8, 4) is 0 Å². The van der Waals surface area contributed by atoms with E-state index in [0.717, 1.165) is 18.5 Å². The molecular formula is C17H28N2O. The molecule has 0 aliphatic carbocycles. The molecule has 0 radical (unpaired) electrons. The van der Waals surface area contributed by atoms with Crippen LogP contribution in [-0.4, -0.2) is 22.9 Å². The molecule has 3 heteroatoms. The van der Waals surface area contributed by atoms with Gasteiger partial charge in [-0.05, 0) is 31.7 Å². The van der Waals surface area contributed by atoms with Crippen molar-refractivity contribution in [2.45, 2.75) is 59.0 Å². The van der Waals surface area contributed by atoms with Crippen LogP contribution in [0.3, 0.4) is 0 Å². The molecule has 0 saturated carbocycles. The molecule has 1 aromatic carbocycles. The number of nitrogens with zero attached hydrogens (tertiary/aromatic N) is 1. The molecule has 0 heterocycles. The maximum Gasteiger partial charge on any atom is 0.242 e. The van der Waals surface area contributed by atoms with Gasteiger partial charge in [0.2, 0.25) is 5.91 Å². The smallest absolute Gasteiger partial charge is 0.242 e. The fraction of sp³-hybridized carbons (Fsp3) is 0.588. The summed E-state index contributed by atoms with van der Waals surface area (Å²) in [4.78, 5) is 14.6. The van der Waals surface area contributed by atoms with Crippen LogP contribution in [0.25, 0.3) is 0 Å². The minimum atomic E-state index is -0.722. The van der Waals surface area contributed by atoms with Gasteiger partial charge in [-0.1, -0.05) is 50.6 Å². The topological polar surface area (TPSA) is 46.3 Å². The molecule has 0 spiro atoms. The van der Waals surface area contributed by atoms with E-state index < -0.39 is 5.54 Å². The van der Waals surface area contributed by atoms with Crippen LogP contribution in [0.2, 0.25) is 0 Å².